The first-order valence-electron chi connectivity index (χ1n) is 7.38. The summed E-state index contributed by atoms with van der Waals surface area (Å²) in [5, 5.41) is 2.78. The second-order valence-electron chi connectivity index (χ2n) is 4.87. The van der Waals surface area contributed by atoms with Crippen molar-refractivity contribution in [1.82, 2.24) is 0 Å². The molecule has 0 fully saturated rings. The lowest BCUT2D eigenvalue weighted by molar-refractivity contribution is -0.122. The van der Waals surface area contributed by atoms with Crippen LogP contribution in [0.15, 0.2) is 48.5 Å². The topological polar surface area (TPSA) is 64.6 Å². The molecule has 0 saturated carbocycles. The molecule has 0 aliphatic rings. The van der Waals surface area contributed by atoms with Crippen molar-refractivity contribution in [3.63, 3.8) is 0 Å². The third kappa shape index (κ3) is 4.57. The first-order chi connectivity index (χ1) is 11.1. The summed E-state index contributed by atoms with van der Waals surface area (Å²) in [6, 6.07) is 14.0. The molecular weight excluding hydrogens is 294 g/mol. The predicted octanol–water partition coefficient (Wildman–Crippen LogP) is 3.30. The fourth-order valence-electron chi connectivity index (χ4n) is 1.97. The average Bonchev–Trinajstić information content (AvgIpc) is 2.57. The Morgan fingerprint density at radius 1 is 1.17 bits per heavy atom. The van der Waals surface area contributed by atoms with E-state index in [0.717, 1.165) is 6.29 Å². The van der Waals surface area contributed by atoms with Crippen molar-refractivity contribution >= 4 is 17.9 Å². The summed E-state index contributed by atoms with van der Waals surface area (Å²) in [6.45, 7) is 3.92. The first-order valence-corrected chi connectivity index (χ1v) is 7.38. The number of hydrogen-bond donors (Lipinski definition) is 1. The zero-order valence-corrected chi connectivity index (χ0v) is 13.1. The molecule has 1 amide bonds. The molecule has 23 heavy (non-hydrogen) atoms. The van der Waals surface area contributed by atoms with Crippen LogP contribution in [0, 0.1) is 0 Å². The molecule has 2 rings (SSSR count). The maximum absolute atomic E-state index is 12.2. The summed E-state index contributed by atoms with van der Waals surface area (Å²) < 4.78 is 11.1. The lowest BCUT2D eigenvalue weighted by atomic mass is 10.2. The van der Waals surface area contributed by atoms with E-state index in [0.29, 0.717) is 29.4 Å². The van der Waals surface area contributed by atoms with E-state index in [-0.39, 0.29) is 5.91 Å². The summed E-state index contributed by atoms with van der Waals surface area (Å²) in [7, 11) is 0. The van der Waals surface area contributed by atoms with Crippen LogP contribution >= 0.6 is 0 Å². The van der Waals surface area contributed by atoms with E-state index < -0.39 is 6.10 Å². The Balaban J connectivity index is 2.08. The van der Waals surface area contributed by atoms with E-state index in [9.17, 15) is 9.59 Å². The Hall–Kier alpha value is -2.82. The smallest absolute Gasteiger partial charge is 0.265 e. The molecule has 1 atom stereocenters. The Bertz CT molecular complexity index is 670. The van der Waals surface area contributed by atoms with Gasteiger partial charge in [-0.05, 0) is 44.2 Å². The number of anilines is 1. The second-order valence-corrected chi connectivity index (χ2v) is 4.87. The van der Waals surface area contributed by atoms with Crippen molar-refractivity contribution in [1.29, 1.82) is 0 Å². The molecule has 5 nitrogen and oxygen atoms in total. The average molecular weight is 313 g/mol. The molecule has 0 heterocycles. The van der Waals surface area contributed by atoms with E-state index in [4.69, 9.17) is 9.47 Å². The minimum atomic E-state index is -0.712. The fourth-order valence-corrected chi connectivity index (χ4v) is 1.97. The van der Waals surface area contributed by atoms with Gasteiger partial charge in [-0.2, -0.15) is 0 Å². The van der Waals surface area contributed by atoms with Gasteiger partial charge in [-0.25, -0.2) is 0 Å². The van der Waals surface area contributed by atoms with Crippen LogP contribution in [0.25, 0.3) is 0 Å². The monoisotopic (exact) mass is 313 g/mol. The standard InChI is InChI=1S/C18H19NO4/c1-3-22-17-11-14(12-20)9-10-16(17)23-13(2)18(21)19-15-7-5-4-6-8-15/h4-13H,3H2,1-2H3,(H,19,21)/t13-/m0/s1. The lowest BCUT2D eigenvalue weighted by Gasteiger charge is -2.17. The largest absolute Gasteiger partial charge is 0.490 e. The molecule has 0 radical (unpaired) electrons. The number of para-hydroxylation sites is 1. The van der Waals surface area contributed by atoms with Crippen molar-refractivity contribution in [2.75, 3.05) is 11.9 Å². The van der Waals surface area contributed by atoms with Gasteiger partial charge in [-0.1, -0.05) is 18.2 Å². The number of nitrogens with one attached hydrogen (secondary N) is 1. The molecule has 0 aliphatic carbocycles. The van der Waals surface area contributed by atoms with Gasteiger partial charge in [0.25, 0.3) is 5.91 Å². The SMILES string of the molecule is CCOc1cc(C=O)ccc1O[C@@H](C)C(=O)Nc1ccccc1. The second kappa shape index (κ2) is 7.98. The van der Waals surface area contributed by atoms with Crippen LogP contribution in [0.3, 0.4) is 0 Å². The van der Waals surface area contributed by atoms with Crippen LogP contribution in [0.5, 0.6) is 11.5 Å². The number of hydrogen-bond acceptors (Lipinski definition) is 4. The van der Waals surface area contributed by atoms with Gasteiger partial charge < -0.3 is 14.8 Å². The molecule has 0 saturated heterocycles. The van der Waals surface area contributed by atoms with Crippen LogP contribution < -0.4 is 14.8 Å². The quantitative estimate of drug-likeness (QED) is 0.797. The van der Waals surface area contributed by atoms with Crippen molar-refractivity contribution in [3.05, 3.63) is 54.1 Å². The lowest BCUT2D eigenvalue weighted by Crippen LogP contribution is -2.30. The Morgan fingerprint density at radius 2 is 1.91 bits per heavy atom. The van der Waals surface area contributed by atoms with E-state index >= 15 is 0 Å². The first kappa shape index (κ1) is 16.5. The Labute approximate surface area is 135 Å². The molecule has 0 spiro atoms. The van der Waals surface area contributed by atoms with Crippen molar-refractivity contribution < 1.29 is 19.1 Å². The number of ether oxygens (including phenoxy) is 2. The highest BCUT2D eigenvalue weighted by Crippen LogP contribution is 2.29. The molecule has 2 aromatic carbocycles. The number of rotatable bonds is 7. The van der Waals surface area contributed by atoms with Gasteiger partial charge in [0.05, 0.1) is 6.61 Å². The van der Waals surface area contributed by atoms with Crippen LogP contribution in [0.2, 0.25) is 0 Å². The van der Waals surface area contributed by atoms with Gasteiger partial charge in [0.15, 0.2) is 17.6 Å². The fraction of sp³-hybridized carbons (Fsp3) is 0.222. The van der Waals surface area contributed by atoms with E-state index in [1.54, 1.807) is 37.3 Å². The zero-order chi connectivity index (χ0) is 16.7. The van der Waals surface area contributed by atoms with Gasteiger partial charge in [-0.15, -0.1) is 0 Å². The number of carbonyl (C=O) groups is 2. The predicted molar refractivity (Wildman–Crippen MR) is 88.2 cm³/mol. The molecule has 0 unspecified atom stereocenters. The van der Waals surface area contributed by atoms with Crippen molar-refractivity contribution in [2.24, 2.45) is 0 Å². The highest BCUT2D eigenvalue weighted by atomic mass is 16.5. The minimum Gasteiger partial charge on any atom is -0.490 e. The van der Waals surface area contributed by atoms with Crippen LogP contribution in [-0.2, 0) is 4.79 Å². The number of benzene rings is 2. The maximum Gasteiger partial charge on any atom is 0.265 e. The molecule has 1 N–H and O–H groups in total. The van der Waals surface area contributed by atoms with Gasteiger partial charge in [0, 0.05) is 11.3 Å². The maximum atomic E-state index is 12.2. The molecule has 0 aromatic heterocycles. The normalized spacial score (nSPS) is 11.4. The van der Waals surface area contributed by atoms with Crippen LogP contribution in [0.1, 0.15) is 24.2 Å². The Kier molecular flexibility index (Phi) is 5.74. The van der Waals surface area contributed by atoms with Gasteiger partial charge in [0.2, 0.25) is 0 Å². The number of carbonyl (C=O) groups excluding carboxylic acids is 2. The van der Waals surface area contributed by atoms with Crippen LogP contribution in [0.4, 0.5) is 5.69 Å². The summed E-state index contributed by atoms with van der Waals surface area (Å²) in [6.07, 6.45) is 0.0224. The highest BCUT2D eigenvalue weighted by molar-refractivity contribution is 5.94. The molecule has 5 heteroatoms. The Morgan fingerprint density at radius 3 is 2.57 bits per heavy atom. The molecule has 0 bridgehead atoms. The van der Waals surface area contributed by atoms with Crippen molar-refractivity contribution in [3.8, 4) is 11.5 Å². The van der Waals surface area contributed by atoms with Gasteiger partial charge >= 0.3 is 0 Å². The van der Waals surface area contributed by atoms with Gasteiger partial charge in [-0.3, -0.25) is 9.59 Å². The number of amides is 1. The summed E-state index contributed by atoms with van der Waals surface area (Å²) in [5.74, 6) is 0.600. The van der Waals surface area contributed by atoms with Gasteiger partial charge in [0.1, 0.15) is 6.29 Å². The minimum absolute atomic E-state index is 0.266. The van der Waals surface area contributed by atoms with Crippen LogP contribution in [-0.4, -0.2) is 24.9 Å². The molecule has 120 valence electrons. The zero-order valence-electron chi connectivity index (χ0n) is 13.1. The molecule has 0 aliphatic heterocycles. The molecule has 2 aromatic rings. The third-order valence-electron chi connectivity index (χ3n) is 3.12. The van der Waals surface area contributed by atoms with Crippen molar-refractivity contribution in [2.45, 2.75) is 20.0 Å². The third-order valence-corrected chi connectivity index (χ3v) is 3.12. The van der Waals surface area contributed by atoms with E-state index in [2.05, 4.69) is 5.32 Å². The van der Waals surface area contributed by atoms with E-state index in [1.165, 1.54) is 0 Å². The molecular formula is C18H19NO4. The highest BCUT2D eigenvalue weighted by Gasteiger charge is 2.17. The summed E-state index contributed by atoms with van der Waals surface area (Å²) >= 11 is 0. The number of aldehydes is 1. The van der Waals surface area contributed by atoms with E-state index in [1.807, 2.05) is 25.1 Å². The summed E-state index contributed by atoms with van der Waals surface area (Å²) in [4.78, 5) is 23.0. The summed E-state index contributed by atoms with van der Waals surface area (Å²) in [5.41, 5.74) is 1.19.